The maximum Gasteiger partial charge on any atom is 0.248 e. The maximum atomic E-state index is 12.7. The van der Waals surface area contributed by atoms with E-state index in [1.54, 1.807) is 0 Å². The molecule has 2 nitrogen and oxygen atoms in total. The Morgan fingerprint density at radius 3 is 2.12 bits per heavy atom. The molecule has 0 bridgehead atoms. The number of rotatable bonds is 3. The molecule has 94 valence electrons. The van der Waals surface area contributed by atoms with Crippen LogP contribution >= 0.6 is 0 Å². The van der Waals surface area contributed by atoms with Gasteiger partial charge < -0.3 is 4.90 Å². The molecular weight excluding hydrogens is 210 g/mol. The van der Waals surface area contributed by atoms with Crippen LogP contribution < -0.4 is 0 Å². The van der Waals surface area contributed by atoms with Crippen molar-refractivity contribution in [2.75, 3.05) is 32.7 Å². The number of halogens is 2. The van der Waals surface area contributed by atoms with Crippen molar-refractivity contribution in [3.63, 3.8) is 0 Å². The monoisotopic (exact) mass is 232 g/mol. The van der Waals surface area contributed by atoms with E-state index in [1.807, 2.05) is 0 Å². The zero-order valence-electron chi connectivity index (χ0n) is 10.3. The highest BCUT2D eigenvalue weighted by Gasteiger charge is 2.45. The lowest BCUT2D eigenvalue weighted by Gasteiger charge is -2.42. The van der Waals surface area contributed by atoms with Crippen LogP contribution in [0, 0.1) is 5.92 Å². The van der Waals surface area contributed by atoms with Crippen LogP contribution in [0.15, 0.2) is 0 Å². The number of alkyl halides is 2. The fourth-order valence-electron chi connectivity index (χ4n) is 2.74. The molecule has 0 aromatic carbocycles. The van der Waals surface area contributed by atoms with Crippen LogP contribution in [-0.4, -0.2) is 54.5 Å². The SMILES string of the molecule is CC(C)N1CCN(CC2CC(F)(F)C2)CC1. The highest BCUT2D eigenvalue weighted by molar-refractivity contribution is 4.88. The van der Waals surface area contributed by atoms with Gasteiger partial charge in [-0.2, -0.15) is 0 Å². The van der Waals surface area contributed by atoms with Crippen LogP contribution in [0.5, 0.6) is 0 Å². The van der Waals surface area contributed by atoms with E-state index in [0.717, 1.165) is 32.7 Å². The number of hydrogen-bond donors (Lipinski definition) is 0. The number of hydrogen-bond acceptors (Lipinski definition) is 2. The number of piperazine rings is 1. The van der Waals surface area contributed by atoms with Gasteiger partial charge in [0.1, 0.15) is 0 Å². The van der Waals surface area contributed by atoms with E-state index >= 15 is 0 Å². The third-order valence-electron chi connectivity index (χ3n) is 3.83. The zero-order valence-corrected chi connectivity index (χ0v) is 10.3. The maximum absolute atomic E-state index is 12.7. The van der Waals surface area contributed by atoms with Crippen LogP contribution in [0.3, 0.4) is 0 Å². The van der Waals surface area contributed by atoms with Gasteiger partial charge in [0.2, 0.25) is 5.92 Å². The third-order valence-corrected chi connectivity index (χ3v) is 3.83. The lowest BCUT2D eigenvalue weighted by molar-refractivity contribution is -0.118. The molecule has 0 radical (unpaired) electrons. The van der Waals surface area contributed by atoms with Crippen molar-refractivity contribution in [1.82, 2.24) is 9.80 Å². The Kier molecular flexibility index (Phi) is 3.50. The Bertz CT molecular complexity index is 227. The Hall–Kier alpha value is -0.220. The van der Waals surface area contributed by atoms with Crippen molar-refractivity contribution in [3.05, 3.63) is 0 Å². The Morgan fingerprint density at radius 1 is 1.12 bits per heavy atom. The largest absolute Gasteiger partial charge is 0.301 e. The van der Waals surface area contributed by atoms with Crippen molar-refractivity contribution >= 4 is 0 Å². The zero-order chi connectivity index (χ0) is 11.8. The topological polar surface area (TPSA) is 6.48 Å². The van der Waals surface area contributed by atoms with E-state index in [4.69, 9.17) is 0 Å². The molecule has 2 fully saturated rings. The van der Waals surface area contributed by atoms with Gasteiger partial charge in [0.05, 0.1) is 0 Å². The van der Waals surface area contributed by atoms with Gasteiger partial charge in [0, 0.05) is 51.6 Å². The summed E-state index contributed by atoms with van der Waals surface area (Å²) in [6.07, 6.45) is 0.217. The summed E-state index contributed by atoms with van der Waals surface area (Å²) < 4.78 is 25.4. The van der Waals surface area contributed by atoms with Gasteiger partial charge in [-0.05, 0) is 19.8 Å². The molecule has 2 rings (SSSR count). The second-order valence-corrected chi connectivity index (χ2v) is 5.56. The standard InChI is InChI=1S/C12H22F2N2/c1-10(2)16-5-3-15(4-6-16)9-11-7-12(13,14)8-11/h10-11H,3-9H2,1-2H3. The minimum Gasteiger partial charge on any atom is -0.301 e. The van der Waals surface area contributed by atoms with Crippen LogP contribution in [-0.2, 0) is 0 Å². The average molecular weight is 232 g/mol. The summed E-state index contributed by atoms with van der Waals surface area (Å²) >= 11 is 0. The first-order valence-electron chi connectivity index (χ1n) is 6.30. The molecule has 1 saturated heterocycles. The Labute approximate surface area is 96.6 Å². The fraction of sp³-hybridized carbons (Fsp3) is 1.00. The summed E-state index contributed by atoms with van der Waals surface area (Å²) in [7, 11) is 0. The molecule has 0 aromatic heterocycles. The second-order valence-electron chi connectivity index (χ2n) is 5.56. The predicted molar refractivity (Wildman–Crippen MR) is 60.8 cm³/mol. The van der Waals surface area contributed by atoms with E-state index in [1.165, 1.54) is 0 Å². The molecule has 0 N–H and O–H groups in total. The van der Waals surface area contributed by atoms with Gasteiger partial charge in [-0.15, -0.1) is 0 Å². The molecule has 0 amide bonds. The summed E-state index contributed by atoms with van der Waals surface area (Å²) in [5, 5.41) is 0. The second kappa shape index (κ2) is 4.57. The van der Waals surface area contributed by atoms with Crippen LogP contribution in [0.1, 0.15) is 26.7 Å². The third kappa shape index (κ3) is 2.92. The first-order chi connectivity index (χ1) is 7.46. The summed E-state index contributed by atoms with van der Waals surface area (Å²) in [6.45, 7) is 9.55. The molecule has 0 aromatic rings. The van der Waals surface area contributed by atoms with Crippen LogP contribution in [0.2, 0.25) is 0 Å². The summed E-state index contributed by atoms with van der Waals surface area (Å²) in [4.78, 5) is 4.80. The first-order valence-corrected chi connectivity index (χ1v) is 6.30. The fourth-order valence-corrected chi connectivity index (χ4v) is 2.74. The molecule has 4 heteroatoms. The van der Waals surface area contributed by atoms with Gasteiger partial charge >= 0.3 is 0 Å². The summed E-state index contributed by atoms with van der Waals surface area (Å²) in [5.41, 5.74) is 0. The Morgan fingerprint density at radius 2 is 1.69 bits per heavy atom. The minimum atomic E-state index is -2.36. The number of nitrogens with zero attached hydrogens (tertiary/aromatic N) is 2. The highest BCUT2D eigenvalue weighted by Crippen LogP contribution is 2.42. The molecule has 0 atom stereocenters. The first kappa shape index (κ1) is 12.2. The van der Waals surface area contributed by atoms with E-state index in [-0.39, 0.29) is 18.8 Å². The molecule has 1 aliphatic heterocycles. The predicted octanol–water partition coefficient (Wildman–Crippen LogP) is 2.06. The van der Waals surface area contributed by atoms with Crippen molar-refractivity contribution in [2.45, 2.75) is 38.7 Å². The van der Waals surface area contributed by atoms with Crippen molar-refractivity contribution in [3.8, 4) is 0 Å². The van der Waals surface area contributed by atoms with Gasteiger partial charge in [-0.3, -0.25) is 4.90 Å². The highest BCUT2D eigenvalue weighted by atomic mass is 19.3. The molecule has 1 aliphatic carbocycles. The Balaban J connectivity index is 1.67. The van der Waals surface area contributed by atoms with Crippen molar-refractivity contribution in [1.29, 1.82) is 0 Å². The van der Waals surface area contributed by atoms with E-state index in [0.29, 0.717) is 6.04 Å². The molecule has 1 heterocycles. The van der Waals surface area contributed by atoms with Gasteiger partial charge in [0.15, 0.2) is 0 Å². The summed E-state index contributed by atoms with van der Waals surface area (Å²) in [5.74, 6) is -2.12. The minimum absolute atomic E-state index is 0.109. The quantitative estimate of drug-likeness (QED) is 0.735. The average Bonchev–Trinajstić information content (AvgIpc) is 2.15. The van der Waals surface area contributed by atoms with Crippen molar-refractivity contribution in [2.24, 2.45) is 5.92 Å². The molecular formula is C12H22F2N2. The van der Waals surface area contributed by atoms with E-state index < -0.39 is 5.92 Å². The van der Waals surface area contributed by atoms with E-state index in [9.17, 15) is 8.78 Å². The lowest BCUT2D eigenvalue weighted by Crippen LogP contribution is -2.51. The molecule has 2 aliphatic rings. The van der Waals surface area contributed by atoms with E-state index in [2.05, 4.69) is 23.6 Å². The van der Waals surface area contributed by atoms with Gasteiger partial charge in [0.25, 0.3) is 0 Å². The van der Waals surface area contributed by atoms with Crippen molar-refractivity contribution < 1.29 is 8.78 Å². The smallest absolute Gasteiger partial charge is 0.248 e. The lowest BCUT2D eigenvalue weighted by atomic mass is 9.81. The molecule has 16 heavy (non-hydrogen) atoms. The van der Waals surface area contributed by atoms with Gasteiger partial charge in [-0.1, -0.05) is 0 Å². The molecule has 0 spiro atoms. The van der Waals surface area contributed by atoms with Crippen LogP contribution in [0.4, 0.5) is 8.78 Å². The van der Waals surface area contributed by atoms with Crippen LogP contribution in [0.25, 0.3) is 0 Å². The van der Waals surface area contributed by atoms with Gasteiger partial charge in [-0.25, -0.2) is 8.78 Å². The summed E-state index contributed by atoms with van der Waals surface area (Å²) in [6, 6.07) is 0.607. The normalized spacial score (nSPS) is 28.3. The molecule has 1 saturated carbocycles. The molecule has 0 unspecified atom stereocenters.